The molecule has 1 aliphatic heterocycles. The van der Waals surface area contributed by atoms with Gasteiger partial charge in [0.2, 0.25) is 0 Å². The summed E-state index contributed by atoms with van der Waals surface area (Å²) in [4.78, 5) is 7.71. The Morgan fingerprint density at radius 1 is 1.42 bits per heavy atom. The van der Waals surface area contributed by atoms with Gasteiger partial charge in [-0.2, -0.15) is 0 Å². The van der Waals surface area contributed by atoms with Gasteiger partial charge in [-0.1, -0.05) is 26.1 Å². The molecule has 0 atom stereocenters. The van der Waals surface area contributed by atoms with Crippen molar-refractivity contribution in [3.63, 3.8) is 0 Å². The van der Waals surface area contributed by atoms with Crippen LogP contribution in [0.4, 0.5) is 5.82 Å². The first-order valence-electron chi connectivity index (χ1n) is 7.04. The molecule has 4 heteroatoms. The Labute approximate surface area is 120 Å². The molecule has 3 rings (SSSR count). The van der Waals surface area contributed by atoms with Crippen LogP contribution >= 0.6 is 12.2 Å². The Morgan fingerprint density at radius 3 is 2.84 bits per heavy atom. The van der Waals surface area contributed by atoms with Crippen molar-refractivity contribution < 1.29 is 0 Å². The summed E-state index contributed by atoms with van der Waals surface area (Å²) in [6.45, 7) is 6.70. The first-order valence-corrected chi connectivity index (χ1v) is 7.45. The predicted molar refractivity (Wildman–Crippen MR) is 82.8 cm³/mol. The molecule has 1 fully saturated rings. The van der Waals surface area contributed by atoms with Gasteiger partial charge < -0.3 is 10.6 Å². The molecule has 2 heterocycles. The Bertz CT molecular complexity index is 536. The van der Waals surface area contributed by atoms with Crippen LogP contribution in [-0.4, -0.2) is 23.1 Å². The summed E-state index contributed by atoms with van der Waals surface area (Å²) < 4.78 is 0. The first-order chi connectivity index (χ1) is 8.96. The van der Waals surface area contributed by atoms with Crippen LogP contribution in [-0.2, 0) is 12.8 Å². The molecule has 19 heavy (non-hydrogen) atoms. The molecule has 0 saturated carbocycles. The zero-order valence-electron chi connectivity index (χ0n) is 11.7. The standard InChI is InChI=1S/C15H21N3S/c1-15(2)6-7-18(9-15)14-11(13(16)19)8-10-4-3-5-12(10)17-14/h8H,3-7,9H2,1-2H3,(H2,16,19). The van der Waals surface area contributed by atoms with Crippen molar-refractivity contribution >= 4 is 23.0 Å². The average Bonchev–Trinajstić information content (AvgIpc) is 2.92. The highest BCUT2D eigenvalue weighted by Gasteiger charge is 2.32. The third-order valence-electron chi connectivity index (χ3n) is 4.27. The fourth-order valence-electron chi connectivity index (χ4n) is 3.18. The summed E-state index contributed by atoms with van der Waals surface area (Å²) in [5.74, 6) is 1.01. The fraction of sp³-hybridized carbons (Fsp3) is 0.600. The zero-order valence-corrected chi connectivity index (χ0v) is 12.5. The van der Waals surface area contributed by atoms with Crippen LogP contribution in [0.3, 0.4) is 0 Å². The first kappa shape index (κ1) is 12.9. The SMILES string of the molecule is CC1(C)CCN(c2nc3c(cc2C(N)=S)CCC3)C1. The van der Waals surface area contributed by atoms with Crippen molar-refractivity contribution in [1.29, 1.82) is 0 Å². The maximum Gasteiger partial charge on any atom is 0.139 e. The molecule has 0 spiro atoms. The van der Waals surface area contributed by atoms with Gasteiger partial charge in [-0.25, -0.2) is 4.98 Å². The van der Waals surface area contributed by atoms with Crippen molar-refractivity contribution in [2.75, 3.05) is 18.0 Å². The Kier molecular flexibility index (Phi) is 3.01. The van der Waals surface area contributed by atoms with Gasteiger partial charge in [-0.15, -0.1) is 0 Å². The number of thiocarbonyl (C=S) groups is 1. The minimum atomic E-state index is 0.355. The van der Waals surface area contributed by atoms with Gasteiger partial charge in [-0.3, -0.25) is 0 Å². The lowest BCUT2D eigenvalue weighted by atomic mass is 9.93. The topological polar surface area (TPSA) is 42.2 Å². The number of anilines is 1. The van der Waals surface area contributed by atoms with Crippen LogP contribution in [0.5, 0.6) is 0 Å². The Morgan fingerprint density at radius 2 is 2.21 bits per heavy atom. The van der Waals surface area contributed by atoms with Crippen molar-refractivity contribution in [3.8, 4) is 0 Å². The van der Waals surface area contributed by atoms with E-state index in [1.807, 2.05) is 0 Å². The molecule has 1 aliphatic carbocycles. The van der Waals surface area contributed by atoms with E-state index in [4.69, 9.17) is 22.9 Å². The fourth-order valence-corrected chi connectivity index (χ4v) is 3.33. The van der Waals surface area contributed by atoms with Gasteiger partial charge in [0.05, 0.1) is 5.56 Å². The third-order valence-corrected chi connectivity index (χ3v) is 4.49. The van der Waals surface area contributed by atoms with Gasteiger partial charge in [0, 0.05) is 18.8 Å². The predicted octanol–water partition coefficient (Wildman–Crippen LogP) is 2.44. The normalized spacial score (nSPS) is 20.6. The second kappa shape index (κ2) is 4.44. The highest BCUT2D eigenvalue weighted by Crippen LogP contribution is 2.35. The Hall–Kier alpha value is -1.16. The molecule has 0 amide bonds. The number of rotatable bonds is 2. The molecule has 2 N–H and O–H groups in total. The molecule has 0 aromatic carbocycles. The number of fused-ring (bicyclic) bond motifs is 1. The van der Waals surface area contributed by atoms with Crippen LogP contribution in [0.2, 0.25) is 0 Å². The summed E-state index contributed by atoms with van der Waals surface area (Å²) in [7, 11) is 0. The molecule has 3 nitrogen and oxygen atoms in total. The number of pyridine rings is 1. The lowest BCUT2D eigenvalue weighted by Crippen LogP contribution is -2.27. The van der Waals surface area contributed by atoms with E-state index >= 15 is 0 Å². The number of hydrogen-bond donors (Lipinski definition) is 1. The largest absolute Gasteiger partial charge is 0.389 e. The Balaban J connectivity index is 2.02. The van der Waals surface area contributed by atoms with E-state index in [2.05, 4.69) is 24.8 Å². The number of nitrogens with zero attached hydrogens (tertiary/aromatic N) is 2. The van der Waals surface area contributed by atoms with Crippen molar-refractivity contribution in [2.45, 2.75) is 39.5 Å². The minimum Gasteiger partial charge on any atom is -0.389 e. The van der Waals surface area contributed by atoms with Crippen LogP contribution in [0.15, 0.2) is 6.07 Å². The summed E-state index contributed by atoms with van der Waals surface area (Å²) in [5.41, 5.74) is 9.82. The van der Waals surface area contributed by atoms with Crippen LogP contribution in [0, 0.1) is 5.41 Å². The molecule has 0 unspecified atom stereocenters. The van der Waals surface area contributed by atoms with Gasteiger partial charge in [0.25, 0.3) is 0 Å². The summed E-state index contributed by atoms with van der Waals surface area (Å²) in [6, 6.07) is 2.18. The van der Waals surface area contributed by atoms with Crippen molar-refractivity contribution in [1.82, 2.24) is 4.98 Å². The lowest BCUT2D eigenvalue weighted by Gasteiger charge is -2.23. The monoisotopic (exact) mass is 275 g/mol. The highest BCUT2D eigenvalue weighted by molar-refractivity contribution is 7.80. The van der Waals surface area contributed by atoms with E-state index in [-0.39, 0.29) is 0 Å². The molecule has 1 aromatic rings. The molecule has 0 bridgehead atoms. The van der Waals surface area contributed by atoms with E-state index < -0.39 is 0 Å². The van der Waals surface area contributed by atoms with Gasteiger partial charge in [0.15, 0.2) is 0 Å². The van der Waals surface area contributed by atoms with E-state index in [0.717, 1.165) is 37.3 Å². The van der Waals surface area contributed by atoms with Crippen molar-refractivity contribution in [2.24, 2.45) is 11.1 Å². The summed E-state index contributed by atoms with van der Waals surface area (Å²) in [6.07, 6.45) is 4.61. The minimum absolute atomic E-state index is 0.355. The molecule has 102 valence electrons. The molecule has 2 aliphatic rings. The van der Waals surface area contributed by atoms with Crippen LogP contribution in [0.25, 0.3) is 0 Å². The third kappa shape index (κ3) is 2.34. The highest BCUT2D eigenvalue weighted by atomic mass is 32.1. The summed E-state index contributed by atoms with van der Waals surface area (Å²) >= 11 is 5.22. The van der Waals surface area contributed by atoms with Crippen LogP contribution in [0.1, 0.15) is 43.5 Å². The number of aryl methyl sites for hydroxylation is 2. The van der Waals surface area contributed by atoms with E-state index in [0.29, 0.717) is 10.4 Å². The molecular weight excluding hydrogens is 254 g/mol. The molecule has 0 radical (unpaired) electrons. The van der Waals surface area contributed by atoms with E-state index in [1.165, 1.54) is 24.1 Å². The smallest absolute Gasteiger partial charge is 0.139 e. The number of hydrogen-bond acceptors (Lipinski definition) is 3. The van der Waals surface area contributed by atoms with E-state index in [9.17, 15) is 0 Å². The van der Waals surface area contributed by atoms with Crippen LogP contribution < -0.4 is 10.6 Å². The van der Waals surface area contributed by atoms with Gasteiger partial charge in [-0.05, 0) is 42.7 Å². The maximum absolute atomic E-state index is 5.91. The maximum atomic E-state index is 5.91. The second-order valence-corrected chi connectivity index (χ2v) is 6.96. The van der Waals surface area contributed by atoms with Crippen molar-refractivity contribution in [3.05, 3.63) is 22.9 Å². The zero-order chi connectivity index (χ0) is 13.6. The quantitative estimate of drug-likeness (QED) is 0.842. The molecule has 1 saturated heterocycles. The number of aromatic nitrogens is 1. The average molecular weight is 275 g/mol. The molecule has 1 aromatic heterocycles. The van der Waals surface area contributed by atoms with Gasteiger partial charge >= 0.3 is 0 Å². The van der Waals surface area contributed by atoms with Gasteiger partial charge in [0.1, 0.15) is 10.8 Å². The number of nitrogens with two attached hydrogens (primary N) is 1. The lowest BCUT2D eigenvalue weighted by molar-refractivity contribution is 0.418. The molecular formula is C15H21N3S. The second-order valence-electron chi connectivity index (χ2n) is 6.52. The van der Waals surface area contributed by atoms with E-state index in [1.54, 1.807) is 0 Å². The summed E-state index contributed by atoms with van der Waals surface area (Å²) in [5, 5.41) is 0.